The van der Waals surface area contributed by atoms with Crippen molar-refractivity contribution in [1.82, 2.24) is 4.57 Å². The van der Waals surface area contributed by atoms with Crippen LogP contribution in [0.4, 0.5) is 4.39 Å². The standard InChI is InChI=1S/C12H12FN/c1-10-4-3-7-14(10)9-11-5-2-6-12(13)8-11/h2-8H,9H2,1H3. The van der Waals surface area contributed by atoms with E-state index in [1.807, 2.05) is 31.3 Å². The van der Waals surface area contributed by atoms with Gasteiger partial charge in [-0.2, -0.15) is 0 Å². The van der Waals surface area contributed by atoms with E-state index in [4.69, 9.17) is 0 Å². The van der Waals surface area contributed by atoms with Crippen molar-refractivity contribution in [3.63, 3.8) is 0 Å². The Morgan fingerprint density at radius 2 is 2.07 bits per heavy atom. The van der Waals surface area contributed by atoms with Crippen molar-refractivity contribution in [2.45, 2.75) is 13.5 Å². The van der Waals surface area contributed by atoms with Crippen molar-refractivity contribution in [2.75, 3.05) is 0 Å². The Balaban J connectivity index is 2.23. The van der Waals surface area contributed by atoms with Gasteiger partial charge in [-0.15, -0.1) is 0 Å². The van der Waals surface area contributed by atoms with Crippen LogP contribution in [0.3, 0.4) is 0 Å². The molecule has 0 fully saturated rings. The molecule has 0 radical (unpaired) electrons. The van der Waals surface area contributed by atoms with E-state index in [0.29, 0.717) is 0 Å². The summed E-state index contributed by atoms with van der Waals surface area (Å²) >= 11 is 0. The second-order valence-electron chi connectivity index (χ2n) is 3.41. The van der Waals surface area contributed by atoms with Crippen LogP contribution in [-0.4, -0.2) is 4.57 Å². The highest BCUT2D eigenvalue weighted by molar-refractivity contribution is 5.18. The Bertz CT molecular complexity index is 431. The molecule has 0 spiro atoms. The van der Waals surface area contributed by atoms with Crippen LogP contribution in [0.2, 0.25) is 0 Å². The third-order valence-electron chi connectivity index (χ3n) is 2.30. The topological polar surface area (TPSA) is 4.93 Å². The van der Waals surface area contributed by atoms with Gasteiger partial charge in [0, 0.05) is 18.4 Å². The van der Waals surface area contributed by atoms with Crippen molar-refractivity contribution >= 4 is 0 Å². The van der Waals surface area contributed by atoms with Crippen molar-refractivity contribution < 1.29 is 4.39 Å². The normalized spacial score (nSPS) is 10.4. The molecule has 2 aromatic rings. The molecular formula is C12H12FN. The van der Waals surface area contributed by atoms with Crippen LogP contribution in [0, 0.1) is 12.7 Å². The van der Waals surface area contributed by atoms with E-state index in [9.17, 15) is 4.39 Å². The Hall–Kier alpha value is -1.57. The van der Waals surface area contributed by atoms with Gasteiger partial charge in [0.05, 0.1) is 0 Å². The summed E-state index contributed by atoms with van der Waals surface area (Å²) in [5.74, 6) is -0.174. The molecule has 1 nitrogen and oxygen atoms in total. The third-order valence-corrected chi connectivity index (χ3v) is 2.30. The highest BCUT2D eigenvalue weighted by Crippen LogP contribution is 2.08. The van der Waals surface area contributed by atoms with Crippen molar-refractivity contribution in [3.05, 3.63) is 59.7 Å². The van der Waals surface area contributed by atoms with Gasteiger partial charge in [-0.1, -0.05) is 12.1 Å². The van der Waals surface area contributed by atoms with Gasteiger partial charge in [0.1, 0.15) is 5.82 Å². The minimum atomic E-state index is -0.174. The molecule has 72 valence electrons. The molecule has 1 aromatic heterocycles. The summed E-state index contributed by atoms with van der Waals surface area (Å²) in [5, 5.41) is 0. The van der Waals surface area contributed by atoms with Crippen LogP contribution < -0.4 is 0 Å². The first kappa shape index (κ1) is 9.00. The van der Waals surface area contributed by atoms with Gasteiger partial charge in [0.25, 0.3) is 0 Å². The van der Waals surface area contributed by atoms with E-state index in [1.54, 1.807) is 12.1 Å². The monoisotopic (exact) mass is 189 g/mol. The smallest absolute Gasteiger partial charge is 0.123 e. The summed E-state index contributed by atoms with van der Waals surface area (Å²) in [6.45, 7) is 2.77. The Morgan fingerprint density at radius 1 is 1.21 bits per heavy atom. The summed E-state index contributed by atoms with van der Waals surface area (Å²) in [5.41, 5.74) is 2.18. The number of nitrogens with zero attached hydrogens (tertiary/aromatic N) is 1. The maximum absolute atomic E-state index is 12.9. The zero-order valence-electron chi connectivity index (χ0n) is 8.07. The molecule has 2 rings (SSSR count). The molecule has 0 bridgehead atoms. The molecule has 0 atom stereocenters. The van der Waals surface area contributed by atoms with Gasteiger partial charge in [0.2, 0.25) is 0 Å². The first-order valence-electron chi connectivity index (χ1n) is 4.62. The quantitative estimate of drug-likeness (QED) is 0.684. The minimum Gasteiger partial charge on any atom is -0.347 e. The van der Waals surface area contributed by atoms with Crippen molar-refractivity contribution in [2.24, 2.45) is 0 Å². The molecule has 1 heterocycles. The highest BCUT2D eigenvalue weighted by Gasteiger charge is 1.98. The van der Waals surface area contributed by atoms with E-state index < -0.39 is 0 Å². The molecule has 1 aromatic carbocycles. The molecule has 14 heavy (non-hydrogen) atoms. The Kier molecular flexibility index (Phi) is 2.35. The largest absolute Gasteiger partial charge is 0.347 e. The van der Waals surface area contributed by atoms with Crippen LogP contribution in [0.1, 0.15) is 11.3 Å². The fourth-order valence-corrected chi connectivity index (χ4v) is 1.51. The van der Waals surface area contributed by atoms with Crippen molar-refractivity contribution in [1.29, 1.82) is 0 Å². The minimum absolute atomic E-state index is 0.174. The summed E-state index contributed by atoms with van der Waals surface area (Å²) in [7, 11) is 0. The van der Waals surface area contributed by atoms with Gasteiger partial charge in [-0.05, 0) is 36.8 Å². The van der Waals surface area contributed by atoms with Crippen LogP contribution >= 0.6 is 0 Å². The molecule has 0 aliphatic rings. The molecule has 0 aliphatic carbocycles. The summed E-state index contributed by atoms with van der Waals surface area (Å²) in [4.78, 5) is 0. The highest BCUT2D eigenvalue weighted by atomic mass is 19.1. The second kappa shape index (κ2) is 3.66. The van der Waals surface area contributed by atoms with Crippen LogP contribution in [0.15, 0.2) is 42.6 Å². The lowest BCUT2D eigenvalue weighted by molar-refractivity contribution is 0.623. The lowest BCUT2D eigenvalue weighted by Gasteiger charge is -2.05. The summed E-state index contributed by atoms with van der Waals surface area (Å²) in [6.07, 6.45) is 2.00. The average Bonchev–Trinajstić information content (AvgIpc) is 2.52. The van der Waals surface area contributed by atoms with E-state index in [0.717, 1.165) is 12.1 Å². The third kappa shape index (κ3) is 1.84. The van der Waals surface area contributed by atoms with E-state index in [-0.39, 0.29) is 5.82 Å². The van der Waals surface area contributed by atoms with Crippen LogP contribution in [0.25, 0.3) is 0 Å². The number of hydrogen-bond donors (Lipinski definition) is 0. The predicted octanol–water partition coefficient (Wildman–Crippen LogP) is 2.98. The van der Waals surface area contributed by atoms with E-state index in [1.165, 1.54) is 11.8 Å². The van der Waals surface area contributed by atoms with E-state index >= 15 is 0 Å². The van der Waals surface area contributed by atoms with E-state index in [2.05, 4.69) is 4.57 Å². The molecule has 0 saturated heterocycles. The molecule has 2 heteroatoms. The van der Waals surface area contributed by atoms with Crippen molar-refractivity contribution in [3.8, 4) is 0 Å². The van der Waals surface area contributed by atoms with Gasteiger partial charge in [-0.3, -0.25) is 0 Å². The number of halogens is 1. The first-order valence-corrected chi connectivity index (χ1v) is 4.62. The Labute approximate surface area is 82.8 Å². The zero-order chi connectivity index (χ0) is 9.97. The lowest BCUT2D eigenvalue weighted by atomic mass is 10.2. The lowest BCUT2D eigenvalue weighted by Crippen LogP contribution is -1.99. The number of aryl methyl sites for hydroxylation is 1. The molecule has 0 amide bonds. The first-order chi connectivity index (χ1) is 6.75. The second-order valence-corrected chi connectivity index (χ2v) is 3.41. The molecule has 0 unspecified atom stereocenters. The Morgan fingerprint density at radius 3 is 2.71 bits per heavy atom. The SMILES string of the molecule is Cc1cccn1Cc1cccc(F)c1. The molecule has 0 aliphatic heterocycles. The zero-order valence-corrected chi connectivity index (χ0v) is 8.07. The predicted molar refractivity (Wildman–Crippen MR) is 54.7 cm³/mol. The van der Waals surface area contributed by atoms with Crippen LogP contribution in [-0.2, 0) is 6.54 Å². The fourth-order valence-electron chi connectivity index (χ4n) is 1.51. The fraction of sp³-hybridized carbons (Fsp3) is 0.167. The van der Waals surface area contributed by atoms with Crippen LogP contribution in [0.5, 0.6) is 0 Å². The molecular weight excluding hydrogens is 177 g/mol. The molecule has 0 saturated carbocycles. The summed E-state index contributed by atoms with van der Waals surface area (Å²) in [6, 6.07) is 10.7. The van der Waals surface area contributed by atoms with Gasteiger partial charge in [-0.25, -0.2) is 4.39 Å². The molecule has 0 N–H and O–H groups in total. The van der Waals surface area contributed by atoms with Gasteiger partial charge >= 0.3 is 0 Å². The van der Waals surface area contributed by atoms with Gasteiger partial charge < -0.3 is 4.57 Å². The maximum Gasteiger partial charge on any atom is 0.123 e. The maximum atomic E-state index is 12.9. The number of hydrogen-bond acceptors (Lipinski definition) is 0. The summed E-state index contributed by atoms with van der Waals surface area (Å²) < 4.78 is 15.0. The number of aromatic nitrogens is 1. The average molecular weight is 189 g/mol. The number of benzene rings is 1. The van der Waals surface area contributed by atoms with Gasteiger partial charge in [0.15, 0.2) is 0 Å². The number of rotatable bonds is 2.